The maximum atomic E-state index is 2.53. The topological polar surface area (TPSA) is 9.86 Å². The predicted octanol–water partition coefficient (Wildman–Crippen LogP) is 18.6. The van der Waals surface area contributed by atoms with Crippen LogP contribution in [-0.4, -0.2) is 9.13 Å². The van der Waals surface area contributed by atoms with E-state index in [4.69, 9.17) is 0 Å². The van der Waals surface area contributed by atoms with Crippen LogP contribution in [0.4, 0.5) is 0 Å². The first-order valence-electron chi connectivity index (χ1n) is 26.2. The number of nitrogens with zero attached hydrogens (tertiary/aromatic N) is 2. The third-order valence-electron chi connectivity index (χ3n) is 16.5. The lowest BCUT2D eigenvalue weighted by Crippen LogP contribution is -2.08. The van der Waals surface area contributed by atoms with Crippen LogP contribution >= 0.6 is 0 Å². The first-order chi connectivity index (χ1) is 35.7. The molecule has 0 bridgehead atoms. The lowest BCUT2D eigenvalue weighted by Gasteiger charge is -2.21. The maximum absolute atomic E-state index is 2.53. The molecule has 15 rings (SSSR count). The first-order valence-corrected chi connectivity index (χ1v) is 26.2. The van der Waals surface area contributed by atoms with Crippen LogP contribution in [0.1, 0.15) is 47.9 Å². The molecule has 2 nitrogen and oxygen atoms in total. The highest BCUT2D eigenvalue weighted by Crippen LogP contribution is 2.47. The van der Waals surface area contributed by atoms with Gasteiger partial charge in [0.1, 0.15) is 0 Å². The Labute approximate surface area is 420 Å². The number of hydrogen-bond donors (Lipinski definition) is 0. The van der Waals surface area contributed by atoms with E-state index in [-0.39, 0.29) is 0 Å². The summed E-state index contributed by atoms with van der Waals surface area (Å²) in [6.07, 6.45) is 9.65. The van der Waals surface area contributed by atoms with E-state index in [1.54, 1.807) is 0 Å². The number of aromatic nitrogens is 2. The fourth-order valence-corrected chi connectivity index (χ4v) is 13.2. The molecule has 0 fully saturated rings. The van der Waals surface area contributed by atoms with Crippen molar-refractivity contribution in [2.24, 2.45) is 0 Å². The fraction of sp³-hybridized carbons (Fsp3) is 0.114. The summed E-state index contributed by atoms with van der Waals surface area (Å²) in [5.41, 5.74) is 23.6. The summed E-state index contributed by atoms with van der Waals surface area (Å²) in [5.74, 6) is 0. The second-order valence-electron chi connectivity index (χ2n) is 20.4. The van der Waals surface area contributed by atoms with Crippen LogP contribution < -0.4 is 0 Å². The van der Waals surface area contributed by atoms with Crippen LogP contribution in [0.15, 0.2) is 218 Å². The van der Waals surface area contributed by atoms with Gasteiger partial charge in [0.2, 0.25) is 0 Å². The molecule has 0 spiro atoms. The molecule has 0 amide bonds. The molecule has 0 saturated heterocycles. The number of fused-ring (bicyclic) bond motifs is 10. The second kappa shape index (κ2) is 16.6. The van der Waals surface area contributed by atoms with Crippen molar-refractivity contribution in [3.63, 3.8) is 0 Å². The molecule has 2 heteroatoms. The Morgan fingerprint density at radius 2 is 0.611 bits per heavy atom. The highest BCUT2D eigenvalue weighted by molar-refractivity contribution is 6.23. The van der Waals surface area contributed by atoms with Crippen molar-refractivity contribution in [1.29, 1.82) is 0 Å². The number of para-hydroxylation sites is 2. The Hall–Kier alpha value is -8.46. The van der Waals surface area contributed by atoms with E-state index in [9.17, 15) is 0 Å². The fourth-order valence-electron chi connectivity index (χ4n) is 13.2. The summed E-state index contributed by atoms with van der Waals surface area (Å²) in [5, 5.41) is 10.2. The van der Waals surface area contributed by atoms with Gasteiger partial charge in [-0.05, 0) is 200 Å². The van der Waals surface area contributed by atoms with E-state index < -0.39 is 0 Å². The van der Waals surface area contributed by atoms with Crippen molar-refractivity contribution in [3.8, 4) is 55.9 Å². The summed E-state index contributed by atoms with van der Waals surface area (Å²) in [6.45, 7) is 0. The highest BCUT2D eigenvalue weighted by Gasteiger charge is 2.23. The molecule has 0 aliphatic heterocycles. The average Bonchev–Trinajstić information content (AvgIpc) is 3.96. The summed E-state index contributed by atoms with van der Waals surface area (Å²) >= 11 is 0. The van der Waals surface area contributed by atoms with Crippen LogP contribution in [0, 0.1) is 0 Å². The summed E-state index contributed by atoms with van der Waals surface area (Å²) in [6, 6.07) is 82.8. The molecule has 72 heavy (non-hydrogen) atoms. The zero-order valence-corrected chi connectivity index (χ0v) is 40.3. The van der Waals surface area contributed by atoms with Gasteiger partial charge in [-0.25, -0.2) is 0 Å². The summed E-state index contributed by atoms with van der Waals surface area (Å²) < 4.78 is 5.07. The van der Waals surface area contributed by atoms with Gasteiger partial charge in [-0.2, -0.15) is 0 Å². The summed E-state index contributed by atoms with van der Waals surface area (Å²) in [7, 11) is 0. The van der Waals surface area contributed by atoms with E-state index >= 15 is 0 Å². The SMILES string of the molecule is c1ccc(-c2c3ccc(-c4ccc5c(c4)c4ccccc4n5-c4cccc5c4CCCC5)cc3c(-c3ccccc3)c3ccc(-c4ccc5c(c4)c4ccccc4n5-c4cccc5c4CCCC5)cc23)cc1. The molecular weight excluding hydrogens is 869 g/mol. The van der Waals surface area contributed by atoms with Crippen molar-refractivity contribution in [2.75, 3.05) is 0 Å². The molecule has 13 aromatic rings. The van der Waals surface area contributed by atoms with Crippen molar-refractivity contribution >= 4 is 65.2 Å². The zero-order chi connectivity index (χ0) is 47.3. The van der Waals surface area contributed by atoms with E-state index in [1.807, 2.05) is 0 Å². The maximum Gasteiger partial charge on any atom is 0.0541 e. The quantitative estimate of drug-likeness (QED) is 0.147. The molecule has 0 saturated carbocycles. The van der Waals surface area contributed by atoms with E-state index in [0.29, 0.717) is 0 Å². The number of rotatable bonds is 6. The Morgan fingerprint density at radius 3 is 1.07 bits per heavy atom. The molecule has 0 N–H and O–H groups in total. The predicted molar refractivity (Wildman–Crippen MR) is 305 cm³/mol. The minimum absolute atomic E-state index is 1.14. The minimum atomic E-state index is 1.14. The van der Waals surface area contributed by atoms with Crippen LogP contribution in [0.5, 0.6) is 0 Å². The van der Waals surface area contributed by atoms with Crippen molar-refractivity contribution in [2.45, 2.75) is 51.4 Å². The van der Waals surface area contributed by atoms with Gasteiger partial charge in [0.25, 0.3) is 0 Å². The van der Waals surface area contributed by atoms with Gasteiger partial charge in [0.05, 0.1) is 22.1 Å². The smallest absolute Gasteiger partial charge is 0.0541 e. The third-order valence-corrected chi connectivity index (χ3v) is 16.5. The van der Waals surface area contributed by atoms with Crippen molar-refractivity contribution in [3.05, 3.63) is 241 Å². The van der Waals surface area contributed by atoms with Crippen LogP contribution in [-0.2, 0) is 25.7 Å². The Bertz CT molecular complexity index is 4040. The summed E-state index contributed by atoms with van der Waals surface area (Å²) in [4.78, 5) is 0. The molecule has 342 valence electrons. The monoisotopic (exact) mass is 920 g/mol. The van der Waals surface area contributed by atoms with Gasteiger partial charge in [0.15, 0.2) is 0 Å². The van der Waals surface area contributed by atoms with Crippen LogP contribution in [0.3, 0.4) is 0 Å². The Morgan fingerprint density at radius 1 is 0.236 bits per heavy atom. The van der Waals surface area contributed by atoms with Gasteiger partial charge in [-0.15, -0.1) is 0 Å². The number of hydrogen-bond acceptors (Lipinski definition) is 0. The largest absolute Gasteiger partial charge is 0.309 e. The van der Waals surface area contributed by atoms with E-state index in [2.05, 4.69) is 228 Å². The molecule has 2 aliphatic rings. The average molecular weight is 921 g/mol. The van der Waals surface area contributed by atoms with Crippen molar-refractivity contribution in [1.82, 2.24) is 9.13 Å². The zero-order valence-electron chi connectivity index (χ0n) is 40.3. The van der Waals surface area contributed by atoms with Gasteiger partial charge in [0, 0.05) is 32.9 Å². The first kappa shape index (κ1) is 41.3. The van der Waals surface area contributed by atoms with Crippen LogP contribution in [0.25, 0.3) is 121 Å². The van der Waals surface area contributed by atoms with Crippen LogP contribution in [0.2, 0.25) is 0 Å². The highest BCUT2D eigenvalue weighted by atomic mass is 15.0. The molecule has 2 aromatic heterocycles. The van der Waals surface area contributed by atoms with Gasteiger partial charge in [-0.3, -0.25) is 0 Å². The van der Waals surface area contributed by atoms with E-state index in [1.165, 1.54) is 182 Å². The van der Waals surface area contributed by atoms with Gasteiger partial charge >= 0.3 is 0 Å². The molecule has 2 heterocycles. The van der Waals surface area contributed by atoms with E-state index in [0.717, 1.165) is 12.8 Å². The third kappa shape index (κ3) is 6.41. The molecule has 0 atom stereocenters. The molecule has 0 unspecified atom stereocenters. The van der Waals surface area contributed by atoms with Gasteiger partial charge in [-0.1, -0.05) is 158 Å². The second-order valence-corrected chi connectivity index (χ2v) is 20.4. The van der Waals surface area contributed by atoms with Gasteiger partial charge < -0.3 is 9.13 Å². The standard InChI is InChI=1S/C70H52N2/c1-3-19-47(20-4-1)69-57-37-33-50(52-36-40-68-60(42-52)56-28-12-14-30-66(56)72(68)64-32-16-24-46-18-8-10-26-54(46)64)44-62(57)70(48-21-5-2-6-22-48)58-38-34-49(43-61(58)69)51-35-39-67-59(41-51)55-27-11-13-29-65(55)71(67)63-31-15-23-45-17-7-9-25-53(45)63/h1-6,11-16,19-24,27-44H,7-10,17-18,25-26H2. The molecule has 0 radical (unpaired) electrons. The van der Waals surface area contributed by atoms with Crippen molar-refractivity contribution < 1.29 is 0 Å². The normalized spacial score (nSPS) is 13.7. The Kier molecular flexibility index (Phi) is 9.52. The number of aryl methyl sites for hydroxylation is 2. The number of benzene rings is 11. The molecular formula is C70H52N2. The lowest BCUT2D eigenvalue weighted by atomic mass is 9.84. The Balaban J connectivity index is 0.930. The lowest BCUT2D eigenvalue weighted by molar-refractivity contribution is 0.682. The molecule has 2 aliphatic carbocycles. The minimum Gasteiger partial charge on any atom is -0.309 e. The molecule has 11 aromatic carbocycles.